The van der Waals surface area contributed by atoms with Crippen LogP contribution in [0.2, 0.25) is 0 Å². The highest BCUT2D eigenvalue weighted by molar-refractivity contribution is 5.93. The molecular weight excluding hydrogens is 224 g/mol. The standard InChI is InChI=1S/C15H28N2O/c1-4-8-12(3)15(18)17(5-2)14-10-7-6-9-13(14)11-16/h8,13-14H,4-7,9-11,16H2,1-3H3. The number of hydrogen-bond donors (Lipinski definition) is 1. The molecule has 2 N–H and O–H groups in total. The maximum absolute atomic E-state index is 12.4. The maximum atomic E-state index is 12.4. The normalized spacial score (nSPS) is 25.0. The smallest absolute Gasteiger partial charge is 0.249 e. The molecule has 3 nitrogen and oxygen atoms in total. The Morgan fingerprint density at radius 2 is 2.00 bits per heavy atom. The molecule has 0 heterocycles. The van der Waals surface area contributed by atoms with E-state index in [1.54, 1.807) is 0 Å². The SMILES string of the molecule is CCC=C(C)C(=O)N(CC)C1CCCCC1CN. The highest BCUT2D eigenvalue weighted by atomic mass is 16.2. The Balaban J connectivity index is 2.80. The van der Waals surface area contributed by atoms with Gasteiger partial charge in [0.25, 0.3) is 0 Å². The Morgan fingerprint density at radius 3 is 2.56 bits per heavy atom. The first kappa shape index (κ1) is 15.2. The van der Waals surface area contributed by atoms with Gasteiger partial charge in [0.15, 0.2) is 0 Å². The molecule has 18 heavy (non-hydrogen) atoms. The average Bonchev–Trinajstić information content (AvgIpc) is 2.40. The first-order chi connectivity index (χ1) is 8.65. The van der Waals surface area contributed by atoms with Gasteiger partial charge >= 0.3 is 0 Å². The van der Waals surface area contributed by atoms with Crippen LogP contribution in [-0.4, -0.2) is 29.9 Å². The van der Waals surface area contributed by atoms with Crippen molar-refractivity contribution in [1.29, 1.82) is 0 Å². The van der Waals surface area contributed by atoms with E-state index >= 15 is 0 Å². The Morgan fingerprint density at radius 1 is 1.33 bits per heavy atom. The number of hydrogen-bond acceptors (Lipinski definition) is 2. The van der Waals surface area contributed by atoms with E-state index in [-0.39, 0.29) is 5.91 Å². The quantitative estimate of drug-likeness (QED) is 0.765. The summed E-state index contributed by atoms with van der Waals surface area (Å²) in [4.78, 5) is 14.5. The van der Waals surface area contributed by atoms with Crippen molar-refractivity contribution >= 4 is 5.91 Å². The molecule has 1 aliphatic rings. The van der Waals surface area contributed by atoms with Gasteiger partial charge < -0.3 is 10.6 Å². The zero-order valence-electron chi connectivity index (χ0n) is 12.1. The van der Waals surface area contributed by atoms with Gasteiger partial charge in [-0.05, 0) is 45.6 Å². The van der Waals surface area contributed by atoms with Crippen LogP contribution in [0.4, 0.5) is 0 Å². The fraction of sp³-hybridized carbons (Fsp3) is 0.800. The average molecular weight is 252 g/mol. The second-order valence-corrected chi connectivity index (χ2v) is 5.23. The van der Waals surface area contributed by atoms with E-state index in [0.29, 0.717) is 18.5 Å². The summed E-state index contributed by atoms with van der Waals surface area (Å²) in [5.41, 5.74) is 6.74. The minimum Gasteiger partial charge on any atom is -0.336 e. The molecule has 1 saturated carbocycles. The van der Waals surface area contributed by atoms with Gasteiger partial charge in [-0.3, -0.25) is 4.79 Å². The summed E-state index contributed by atoms with van der Waals surface area (Å²) in [6.07, 6.45) is 7.70. The zero-order valence-corrected chi connectivity index (χ0v) is 12.1. The fourth-order valence-electron chi connectivity index (χ4n) is 3.02. The molecule has 0 saturated heterocycles. The first-order valence-electron chi connectivity index (χ1n) is 7.33. The third-order valence-electron chi connectivity index (χ3n) is 4.02. The second-order valence-electron chi connectivity index (χ2n) is 5.23. The molecule has 0 aromatic heterocycles. The molecule has 0 spiro atoms. The number of likely N-dealkylation sites (N-methyl/N-ethyl adjacent to an activating group) is 1. The fourth-order valence-corrected chi connectivity index (χ4v) is 3.02. The van der Waals surface area contributed by atoms with Crippen LogP contribution >= 0.6 is 0 Å². The van der Waals surface area contributed by atoms with Crippen molar-refractivity contribution in [3.05, 3.63) is 11.6 Å². The molecule has 1 aliphatic carbocycles. The summed E-state index contributed by atoms with van der Waals surface area (Å²) in [6.45, 7) is 7.55. The van der Waals surface area contributed by atoms with Crippen molar-refractivity contribution < 1.29 is 4.79 Å². The number of carbonyl (C=O) groups is 1. The van der Waals surface area contributed by atoms with E-state index in [4.69, 9.17) is 5.73 Å². The van der Waals surface area contributed by atoms with Crippen LogP contribution in [-0.2, 0) is 4.79 Å². The van der Waals surface area contributed by atoms with Crippen LogP contribution in [0.25, 0.3) is 0 Å². The molecule has 0 aromatic rings. The van der Waals surface area contributed by atoms with Gasteiger partial charge in [0.2, 0.25) is 5.91 Å². The Hall–Kier alpha value is -0.830. The molecule has 104 valence electrons. The van der Waals surface area contributed by atoms with Gasteiger partial charge in [-0.2, -0.15) is 0 Å². The highest BCUT2D eigenvalue weighted by Gasteiger charge is 2.31. The van der Waals surface area contributed by atoms with Crippen LogP contribution in [0.5, 0.6) is 0 Å². The Kier molecular flexibility index (Phi) is 6.41. The molecule has 1 rings (SSSR count). The largest absolute Gasteiger partial charge is 0.336 e. The van der Waals surface area contributed by atoms with Gasteiger partial charge in [0, 0.05) is 18.2 Å². The summed E-state index contributed by atoms with van der Waals surface area (Å²) in [5, 5.41) is 0. The van der Waals surface area contributed by atoms with Crippen molar-refractivity contribution in [2.45, 2.75) is 58.9 Å². The molecule has 1 fully saturated rings. The van der Waals surface area contributed by atoms with Crippen molar-refractivity contribution in [2.24, 2.45) is 11.7 Å². The topological polar surface area (TPSA) is 46.3 Å². The van der Waals surface area contributed by atoms with E-state index in [1.807, 2.05) is 17.9 Å². The lowest BCUT2D eigenvalue weighted by molar-refractivity contribution is -0.131. The number of amides is 1. The lowest BCUT2D eigenvalue weighted by Crippen LogP contribution is -2.48. The predicted molar refractivity (Wildman–Crippen MR) is 76.2 cm³/mol. The lowest BCUT2D eigenvalue weighted by Gasteiger charge is -2.39. The van der Waals surface area contributed by atoms with Crippen molar-refractivity contribution in [3.63, 3.8) is 0 Å². The Labute approximate surface area is 111 Å². The second kappa shape index (κ2) is 7.57. The third-order valence-corrected chi connectivity index (χ3v) is 4.02. The van der Waals surface area contributed by atoms with E-state index in [0.717, 1.165) is 25.0 Å². The van der Waals surface area contributed by atoms with E-state index < -0.39 is 0 Å². The zero-order chi connectivity index (χ0) is 13.5. The van der Waals surface area contributed by atoms with Crippen molar-refractivity contribution in [3.8, 4) is 0 Å². The van der Waals surface area contributed by atoms with E-state index in [1.165, 1.54) is 19.3 Å². The van der Waals surface area contributed by atoms with Crippen LogP contribution in [0.3, 0.4) is 0 Å². The van der Waals surface area contributed by atoms with Gasteiger partial charge in [-0.15, -0.1) is 0 Å². The molecule has 0 bridgehead atoms. The molecule has 0 radical (unpaired) electrons. The molecule has 1 amide bonds. The molecule has 0 aromatic carbocycles. The number of carbonyl (C=O) groups excluding carboxylic acids is 1. The van der Waals surface area contributed by atoms with E-state index in [9.17, 15) is 4.79 Å². The monoisotopic (exact) mass is 252 g/mol. The van der Waals surface area contributed by atoms with Crippen LogP contribution < -0.4 is 5.73 Å². The number of nitrogens with two attached hydrogens (primary N) is 1. The van der Waals surface area contributed by atoms with Gasteiger partial charge in [0.1, 0.15) is 0 Å². The van der Waals surface area contributed by atoms with Crippen LogP contribution in [0.15, 0.2) is 11.6 Å². The van der Waals surface area contributed by atoms with Crippen molar-refractivity contribution in [2.75, 3.05) is 13.1 Å². The summed E-state index contributed by atoms with van der Waals surface area (Å²) < 4.78 is 0. The Bertz CT molecular complexity index is 299. The molecule has 2 atom stereocenters. The maximum Gasteiger partial charge on any atom is 0.249 e. The van der Waals surface area contributed by atoms with Gasteiger partial charge in [0.05, 0.1) is 0 Å². The van der Waals surface area contributed by atoms with Gasteiger partial charge in [-0.25, -0.2) is 0 Å². The summed E-state index contributed by atoms with van der Waals surface area (Å²) >= 11 is 0. The van der Waals surface area contributed by atoms with E-state index in [2.05, 4.69) is 13.8 Å². The number of rotatable bonds is 5. The minimum atomic E-state index is 0.199. The molecular formula is C15H28N2O. The first-order valence-corrected chi connectivity index (χ1v) is 7.33. The number of allylic oxidation sites excluding steroid dienone is 1. The summed E-state index contributed by atoms with van der Waals surface area (Å²) in [7, 11) is 0. The third kappa shape index (κ3) is 3.58. The van der Waals surface area contributed by atoms with Gasteiger partial charge in [-0.1, -0.05) is 25.8 Å². The molecule has 0 aliphatic heterocycles. The van der Waals surface area contributed by atoms with Crippen molar-refractivity contribution in [1.82, 2.24) is 4.90 Å². The lowest BCUT2D eigenvalue weighted by atomic mass is 9.83. The minimum absolute atomic E-state index is 0.199. The summed E-state index contributed by atoms with van der Waals surface area (Å²) in [5.74, 6) is 0.682. The highest BCUT2D eigenvalue weighted by Crippen LogP contribution is 2.28. The van der Waals surface area contributed by atoms with Crippen LogP contribution in [0, 0.1) is 5.92 Å². The molecule has 2 unspecified atom stereocenters. The molecule has 3 heteroatoms. The summed E-state index contributed by atoms with van der Waals surface area (Å²) in [6, 6.07) is 0.349. The predicted octanol–water partition coefficient (Wildman–Crippen LogP) is 2.71. The van der Waals surface area contributed by atoms with Crippen LogP contribution in [0.1, 0.15) is 52.9 Å². The number of nitrogens with zero attached hydrogens (tertiary/aromatic N) is 1.